The Hall–Kier alpha value is -2.24. The molecule has 1 aromatic carbocycles. The quantitative estimate of drug-likeness (QED) is 0.330. The van der Waals surface area contributed by atoms with Gasteiger partial charge in [-0.2, -0.15) is 0 Å². The van der Waals surface area contributed by atoms with Gasteiger partial charge in [-0.15, -0.1) is 0 Å². The molecule has 0 atom stereocenters. The number of carbonyl (C=O) groups excluding carboxylic acids is 2. The Kier molecular flexibility index (Phi) is 4.98. The molecular weight excluding hydrogens is 238 g/mol. The average Bonchev–Trinajstić information content (AvgIpc) is 2.36. The molecule has 0 aliphatic heterocycles. The van der Waals surface area contributed by atoms with Crippen molar-refractivity contribution in [2.75, 3.05) is 7.11 Å². The lowest BCUT2D eigenvalue weighted by Crippen LogP contribution is -2.07. The summed E-state index contributed by atoms with van der Waals surface area (Å²) in [5, 5.41) is 10.7. The molecule has 0 aliphatic rings. The summed E-state index contributed by atoms with van der Waals surface area (Å²) in [6.07, 6.45) is 1.50. The van der Waals surface area contributed by atoms with Crippen LogP contribution in [0.25, 0.3) is 0 Å². The molecule has 0 N–H and O–H groups in total. The maximum Gasteiger partial charge on any atom is 0.309 e. The van der Waals surface area contributed by atoms with Crippen molar-refractivity contribution in [2.24, 2.45) is 0 Å². The first-order valence-electron chi connectivity index (χ1n) is 5.35. The Bertz CT molecular complexity index is 470. The van der Waals surface area contributed by atoms with Crippen LogP contribution in [0.5, 0.6) is 0 Å². The molecule has 0 saturated heterocycles. The van der Waals surface area contributed by atoms with Gasteiger partial charge in [-0.25, -0.2) is 0 Å². The molecule has 1 aromatic rings. The number of carbonyl (C=O) groups is 2. The number of hydrogen-bond donors (Lipinski definition) is 0. The Morgan fingerprint density at radius 1 is 1.44 bits per heavy atom. The number of benzene rings is 1. The van der Waals surface area contributed by atoms with E-state index in [4.69, 9.17) is 0 Å². The Morgan fingerprint density at radius 2 is 2.17 bits per heavy atom. The first kappa shape index (κ1) is 13.8. The van der Waals surface area contributed by atoms with Gasteiger partial charge >= 0.3 is 5.97 Å². The minimum absolute atomic E-state index is 0.0353. The predicted molar refractivity (Wildman–Crippen MR) is 63.2 cm³/mol. The number of aldehydes is 1. The summed E-state index contributed by atoms with van der Waals surface area (Å²) >= 11 is 0. The monoisotopic (exact) mass is 251 g/mol. The minimum Gasteiger partial charge on any atom is -0.469 e. The topological polar surface area (TPSA) is 86.5 Å². The SMILES string of the molecule is COC(=O)Cc1cc([N+](=O)[O-])ccc1CCC=O. The molecule has 96 valence electrons. The van der Waals surface area contributed by atoms with E-state index in [0.717, 1.165) is 11.8 Å². The Balaban J connectivity index is 3.04. The average molecular weight is 251 g/mol. The molecule has 0 spiro atoms. The van der Waals surface area contributed by atoms with Crippen LogP contribution in [0.15, 0.2) is 18.2 Å². The normalized spacial score (nSPS) is 9.83. The molecular formula is C12H13NO5. The van der Waals surface area contributed by atoms with Gasteiger partial charge in [0.2, 0.25) is 0 Å². The van der Waals surface area contributed by atoms with Gasteiger partial charge < -0.3 is 9.53 Å². The smallest absolute Gasteiger partial charge is 0.309 e. The standard InChI is InChI=1S/C12H13NO5/c1-18-12(15)8-10-7-11(13(16)17)5-4-9(10)3-2-6-14/h4-7H,2-3,8H2,1H3. The van der Waals surface area contributed by atoms with Gasteiger partial charge in [0, 0.05) is 18.6 Å². The zero-order valence-corrected chi connectivity index (χ0v) is 9.92. The number of aryl methyl sites for hydroxylation is 1. The molecule has 0 aromatic heterocycles. The van der Waals surface area contributed by atoms with Crippen molar-refractivity contribution in [3.05, 3.63) is 39.4 Å². The summed E-state index contributed by atoms with van der Waals surface area (Å²) < 4.78 is 4.54. The van der Waals surface area contributed by atoms with Gasteiger partial charge in [0.1, 0.15) is 6.29 Å². The second-order valence-electron chi connectivity index (χ2n) is 3.67. The van der Waals surface area contributed by atoms with Gasteiger partial charge in [0.05, 0.1) is 18.5 Å². The molecule has 0 unspecified atom stereocenters. The van der Waals surface area contributed by atoms with E-state index in [0.29, 0.717) is 18.4 Å². The highest BCUT2D eigenvalue weighted by molar-refractivity contribution is 5.73. The van der Waals surface area contributed by atoms with Crippen LogP contribution in [0, 0.1) is 10.1 Å². The summed E-state index contributed by atoms with van der Waals surface area (Å²) in [6, 6.07) is 4.28. The van der Waals surface area contributed by atoms with Crippen molar-refractivity contribution in [3.8, 4) is 0 Å². The summed E-state index contributed by atoms with van der Waals surface area (Å²) in [6.45, 7) is 0. The molecule has 0 radical (unpaired) electrons. The summed E-state index contributed by atoms with van der Waals surface area (Å²) in [5.74, 6) is -0.470. The zero-order chi connectivity index (χ0) is 13.5. The molecule has 6 nitrogen and oxygen atoms in total. The van der Waals surface area contributed by atoms with Crippen molar-refractivity contribution in [1.82, 2.24) is 0 Å². The van der Waals surface area contributed by atoms with E-state index in [-0.39, 0.29) is 12.1 Å². The molecule has 1 rings (SSSR count). The van der Waals surface area contributed by atoms with E-state index >= 15 is 0 Å². The number of methoxy groups -OCH3 is 1. The van der Waals surface area contributed by atoms with Crippen LogP contribution in [0.4, 0.5) is 5.69 Å². The third-order valence-corrected chi connectivity index (χ3v) is 2.49. The third-order valence-electron chi connectivity index (χ3n) is 2.49. The molecule has 0 heterocycles. The highest BCUT2D eigenvalue weighted by Gasteiger charge is 2.13. The molecule has 0 bridgehead atoms. The second kappa shape index (κ2) is 6.48. The first-order chi connectivity index (χ1) is 8.58. The third kappa shape index (κ3) is 3.65. The summed E-state index contributed by atoms with van der Waals surface area (Å²) in [7, 11) is 1.25. The Labute approximate surface area is 104 Å². The van der Waals surface area contributed by atoms with Gasteiger partial charge in [-0.05, 0) is 17.5 Å². The largest absolute Gasteiger partial charge is 0.469 e. The number of ether oxygens (including phenoxy) is 1. The number of nitrogens with zero attached hydrogens (tertiary/aromatic N) is 1. The van der Waals surface area contributed by atoms with E-state index in [2.05, 4.69) is 4.74 Å². The number of rotatable bonds is 6. The van der Waals surface area contributed by atoms with E-state index < -0.39 is 10.9 Å². The first-order valence-corrected chi connectivity index (χ1v) is 5.35. The van der Waals surface area contributed by atoms with Gasteiger partial charge in [-0.1, -0.05) is 6.07 Å². The van der Waals surface area contributed by atoms with Crippen LogP contribution >= 0.6 is 0 Å². The van der Waals surface area contributed by atoms with E-state index in [9.17, 15) is 19.7 Å². The zero-order valence-electron chi connectivity index (χ0n) is 9.92. The molecule has 18 heavy (non-hydrogen) atoms. The second-order valence-corrected chi connectivity index (χ2v) is 3.67. The fraction of sp³-hybridized carbons (Fsp3) is 0.333. The highest BCUT2D eigenvalue weighted by atomic mass is 16.6. The van der Waals surface area contributed by atoms with E-state index in [1.165, 1.54) is 19.2 Å². The van der Waals surface area contributed by atoms with E-state index in [1.807, 2.05) is 0 Å². The van der Waals surface area contributed by atoms with Gasteiger partial charge in [0.15, 0.2) is 0 Å². The van der Waals surface area contributed by atoms with Gasteiger partial charge in [0.25, 0.3) is 5.69 Å². The van der Waals surface area contributed by atoms with Crippen LogP contribution < -0.4 is 0 Å². The number of hydrogen-bond acceptors (Lipinski definition) is 5. The lowest BCUT2D eigenvalue weighted by atomic mass is 10.00. The number of nitro benzene ring substituents is 1. The van der Waals surface area contributed by atoms with Crippen molar-refractivity contribution < 1.29 is 19.2 Å². The van der Waals surface area contributed by atoms with Crippen molar-refractivity contribution >= 4 is 17.9 Å². The number of non-ortho nitro benzene ring substituents is 1. The molecule has 0 aliphatic carbocycles. The molecule has 0 saturated carbocycles. The van der Waals surface area contributed by atoms with Crippen LogP contribution in [-0.2, 0) is 27.2 Å². The fourth-order valence-corrected chi connectivity index (χ4v) is 1.58. The van der Waals surface area contributed by atoms with Crippen LogP contribution in [0.1, 0.15) is 17.5 Å². The van der Waals surface area contributed by atoms with Crippen LogP contribution in [-0.4, -0.2) is 24.3 Å². The molecule has 0 fully saturated rings. The lowest BCUT2D eigenvalue weighted by Gasteiger charge is -2.07. The van der Waals surface area contributed by atoms with Crippen molar-refractivity contribution in [3.63, 3.8) is 0 Å². The van der Waals surface area contributed by atoms with Crippen molar-refractivity contribution in [1.29, 1.82) is 0 Å². The van der Waals surface area contributed by atoms with Gasteiger partial charge in [-0.3, -0.25) is 14.9 Å². The van der Waals surface area contributed by atoms with E-state index in [1.54, 1.807) is 6.07 Å². The lowest BCUT2D eigenvalue weighted by molar-refractivity contribution is -0.384. The van der Waals surface area contributed by atoms with Crippen LogP contribution in [0.2, 0.25) is 0 Å². The van der Waals surface area contributed by atoms with Crippen molar-refractivity contribution in [2.45, 2.75) is 19.3 Å². The Morgan fingerprint density at radius 3 is 2.72 bits per heavy atom. The maximum atomic E-state index is 11.2. The molecule has 6 heteroatoms. The number of esters is 1. The summed E-state index contributed by atoms with van der Waals surface area (Å²) in [4.78, 5) is 31.7. The highest BCUT2D eigenvalue weighted by Crippen LogP contribution is 2.20. The summed E-state index contributed by atoms with van der Waals surface area (Å²) in [5.41, 5.74) is 1.19. The van der Waals surface area contributed by atoms with Crippen LogP contribution in [0.3, 0.4) is 0 Å². The molecule has 0 amide bonds. The minimum atomic E-state index is -0.524. The maximum absolute atomic E-state index is 11.2. The fourth-order valence-electron chi connectivity index (χ4n) is 1.58. The number of nitro groups is 1. The predicted octanol–water partition coefficient (Wildman–Crippen LogP) is 1.44.